The van der Waals surface area contributed by atoms with E-state index in [0.717, 1.165) is 29.9 Å². The van der Waals surface area contributed by atoms with Gasteiger partial charge in [-0.3, -0.25) is 0 Å². The monoisotopic (exact) mass is 402 g/mol. The summed E-state index contributed by atoms with van der Waals surface area (Å²) in [5.74, 6) is 1.04. The Morgan fingerprint density at radius 2 is 2.00 bits per heavy atom. The number of aryl methyl sites for hydroxylation is 2. The molecular formula is C22H30N2O5. The summed E-state index contributed by atoms with van der Waals surface area (Å²) in [5, 5.41) is 13.0. The number of oxazole rings is 1. The van der Waals surface area contributed by atoms with Crippen LogP contribution in [0.1, 0.15) is 63.4 Å². The molecule has 7 nitrogen and oxygen atoms in total. The predicted molar refractivity (Wildman–Crippen MR) is 110 cm³/mol. The largest absolute Gasteiger partial charge is 0.479 e. The summed E-state index contributed by atoms with van der Waals surface area (Å²) in [4.78, 5) is 20.8. The molecule has 1 aromatic heterocycles. The molecule has 0 amide bonds. The van der Waals surface area contributed by atoms with E-state index in [1.165, 1.54) is 0 Å². The first-order valence-corrected chi connectivity index (χ1v) is 9.79. The van der Waals surface area contributed by atoms with E-state index in [9.17, 15) is 4.79 Å². The van der Waals surface area contributed by atoms with E-state index in [0.29, 0.717) is 18.1 Å². The van der Waals surface area contributed by atoms with Crippen LogP contribution in [0.2, 0.25) is 0 Å². The Hall–Kier alpha value is -2.83. The molecule has 29 heavy (non-hydrogen) atoms. The lowest BCUT2D eigenvalue weighted by Crippen LogP contribution is -2.25. The number of aromatic nitrogens is 1. The van der Waals surface area contributed by atoms with Gasteiger partial charge < -0.3 is 19.1 Å². The highest BCUT2D eigenvalue weighted by Crippen LogP contribution is 2.24. The second-order valence-corrected chi connectivity index (χ2v) is 7.87. The number of nitrogens with zero attached hydrogens (tertiary/aromatic N) is 2. The molecule has 2 rings (SSSR count). The molecule has 0 radical (unpaired) electrons. The fourth-order valence-electron chi connectivity index (χ4n) is 2.53. The van der Waals surface area contributed by atoms with Crippen molar-refractivity contribution in [3.05, 3.63) is 47.2 Å². The van der Waals surface area contributed by atoms with E-state index in [1.807, 2.05) is 39.8 Å². The second kappa shape index (κ2) is 10.1. The molecule has 158 valence electrons. The number of rotatable bonds is 10. The molecule has 0 fully saturated rings. The lowest BCUT2D eigenvalue weighted by Gasteiger charge is -2.13. The molecule has 0 aliphatic carbocycles. The number of oxime groups is 1. The van der Waals surface area contributed by atoms with Crippen LogP contribution >= 0.6 is 0 Å². The van der Waals surface area contributed by atoms with Crippen molar-refractivity contribution in [3.63, 3.8) is 0 Å². The van der Waals surface area contributed by atoms with Crippen molar-refractivity contribution in [1.82, 2.24) is 4.98 Å². The zero-order valence-electron chi connectivity index (χ0n) is 17.8. The first-order chi connectivity index (χ1) is 13.7. The van der Waals surface area contributed by atoms with Gasteiger partial charge in [-0.15, -0.1) is 0 Å². The number of hydrogen-bond donors (Lipinski definition) is 1. The van der Waals surface area contributed by atoms with Gasteiger partial charge in [0, 0.05) is 11.6 Å². The highest BCUT2D eigenvalue weighted by molar-refractivity contribution is 5.72. The number of carboxylic acids is 1. The first kappa shape index (κ1) is 22.5. The van der Waals surface area contributed by atoms with Gasteiger partial charge in [0.1, 0.15) is 17.2 Å². The van der Waals surface area contributed by atoms with Gasteiger partial charge in [0.2, 0.25) is 0 Å². The summed E-state index contributed by atoms with van der Waals surface area (Å²) >= 11 is 0. The minimum absolute atomic E-state index is 0.141. The van der Waals surface area contributed by atoms with Gasteiger partial charge in [0.15, 0.2) is 18.6 Å². The van der Waals surface area contributed by atoms with Gasteiger partial charge in [0.25, 0.3) is 0 Å². The van der Waals surface area contributed by atoms with Gasteiger partial charge >= 0.3 is 5.97 Å². The van der Waals surface area contributed by atoms with Gasteiger partial charge in [-0.05, 0) is 43.9 Å². The summed E-state index contributed by atoms with van der Waals surface area (Å²) in [7, 11) is 0. The topological polar surface area (TPSA) is 94.2 Å². The standard InChI is InChI=1S/C22H30N2O5/c1-6-19(20(25)26)29-17-11-9-16(10-12-17)8-7-13-23-27-14-18-15(2)28-21(24-18)22(3,4)5/h9-13,19H,6-8,14H2,1-5H3,(H,25,26). The van der Waals surface area contributed by atoms with Crippen molar-refractivity contribution in [3.8, 4) is 5.75 Å². The van der Waals surface area contributed by atoms with Crippen LogP contribution in [0.15, 0.2) is 33.8 Å². The van der Waals surface area contributed by atoms with Crippen LogP contribution in [0, 0.1) is 6.92 Å². The van der Waals surface area contributed by atoms with Crippen LogP contribution < -0.4 is 4.74 Å². The van der Waals surface area contributed by atoms with Crippen molar-refractivity contribution in [2.24, 2.45) is 5.16 Å². The van der Waals surface area contributed by atoms with E-state index in [2.05, 4.69) is 10.1 Å². The summed E-state index contributed by atoms with van der Waals surface area (Å²) in [6.45, 7) is 10.1. The third-order valence-electron chi connectivity index (χ3n) is 4.29. The van der Waals surface area contributed by atoms with E-state index >= 15 is 0 Å². The highest BCUT2D eigenvalue weighted by Gasteiger charge is 2.22. The number of benzene rings is 1. The zero-order chi connectivity index (χ0) is 21.4. The summed E-state index contributed by atoms with van der Waals surface area (Å²) in [6.07, 6.45) is 2.83. The Morgan fingerprint density at radius 3 is 2.55 bits per heavy atom. The van der Waals surface area contributed by atoms with Crippen LogP contribution in [0.5, 0.6) is 5.75 Å². The van der Waals surface area contributed by atoms with Gasteiger partial charge in [0.05, 0.1) is 0 Å². The molecule has 1 aromatic carbocycles. The Labute approximate surface area is 171 Å². The molecule has 0 aliphatic rings. The fraction of sp³-hybridized carbons (Fsp3) is 0.500. The molecule has 1 unspecified atom stereocenters. The maximum absolute atomic E-state index is 11.0. The summed E-state index contributed by atoms with van der Waals surface area (Å²) < 4.78 is 11.1. The van der Waals surface area contributed by atoms with E-state index in [-0.39, 0.29) is 12.0 Å². The van der Waals surface area contributed by atoms with Crippen LogP contribution in [0.4, 0.5) is 0 Å². The Morgan fingerprint density at radius 1 is 1.31 bits per heavy atom. The van der Waals surface area contributed by atoms with E-state index in [1.54, 1.807) is 25.3 Å². The van der Waals surface area contributed by atoms with Gasteiger partial charge in [-0.25, -0.2) is 9.78 Å². The fourth-order valence-corrected chi connectivity index (χ4v) is 2.53. The van der Waals surface area contributed by atoms with Crippen LogP contribution in [0.3, 0.4) is 0 Å². The molecule has 0 aliphatic heterocycles. The molecule has 0 spiro atoms. The van der Waals surface area contributed by atoms with Crippen LogP contribution in [-0.2, 0) is 28.1 Å². The summed E-state index contributed by atoms with van der Waals surface area (Å²) in [5.41, 5.74) is 1.72. The Kier molecular flexibility index (Phi) is 7.82. The quantitative estimate of drug-likeness (QED) is 0.459. The average molecular weight is 402 g/mol. The third kappa shape index (κ3) is 6.93. The molecule has 0 saturated heterocycles. The normalized spacial score (nSPS) is 12.9. The maximum Gasteiger partial charge on any atom is 0.344 e. The molecule has 0 saturated carbocycles. The van der Waals surface area contributed by atoms with Crippen molar-refractivity contribution in [2.75, 3.05) is 0 Å². The van der Waals surface area contributed by atoms with Crippen molar-refractivity contribution >= 4 is 12.2 Å². The molecule has 1 N–H and O–H groups in total. The number of carbonyl (C=O) groups is 1. The third-order valence-corrected chi connectivity index (χ3v) is 4.29. The van der Waals surface area contributed by atoms with Gasteiger partial charge in [-0.1, -0.05) is 45.0 Å². The minimum Gasteiger partial charge on any atom is -0.479 e. The lowest BCUT2D eigenvalue weighted by atomic mass is 9.97. The minimum atomic E-state index is -0.955. The van der Waals surface area contributed by atoms with Crippen LogP contribution in [-0.4, -0.2) is 28.4 Å². The van der Waals surface area contributed by atoms with Crippen molar-refractivity contribution < 1.29 is 23.9 Å². The molecule has 7 heteroatoms. The molecule has 1 atom stereocenters. The number of aliphatic carboxylic acids is 1. The highest BCUT2D eigenvalue weighted by atomic mass is 16.6. The van der Waals surface area contributed by atoms with Crippen molar-refractivity contribution in [2.45, 2.75) is 72.0 Å². The van der Waals surface area contributed by atoms with E-state index < -0.39 is 12.1 Å². The molecular weight excluding hydrogens is 372 g/mol. The number of carboxylic acid groups (broad SMARTS) is 1. The number of hydrogen-bond acceptors (Lipinski definition) is 6. The van der Waals surface area contributed by atoms with E-state index in [4.69, 9.17) is 19.1 Å². The summed E-state index contributed by atoms with van der Waals surface area (Å²) in [6, 6.07) is 7.42. The average Bonchev–Trinajstić information content (AvgIpc) is 3.04. The predicted octanol–water partition coefficient (Wildman–Crippen LogP) is 4.66. The Bertz CT molecular complexity index is 819. The zero-order valence-corrected chi connectivity index (χ0v) is 17.8. The Balaban J connectivity index is 1.75. The van der Waals surface area contributed by atoms with Crippen molar-refractivity contribution in [1.29, 1.82) is 0 Å². The number of ether oxygens (including phenoxy) is 1. The molecule has 1 heterocycles. The van der Waals surface area contributed by atoms with Gasteiger partial charge in [-0.2, -0.15) is 0 Å². The SMILES string of the molecule is CCC(Oc1ccc(CCC=NOCc2nc(C(C)(C)C)oc2C)cc1)C(=O)O. The molecule has 0 bridgehead atoms. The van der Waals surface area contributed by atoms with Crippen LogP contribution in [0.25, 0.3) is 0 Å². The smallest absolute Gasteiger partial charge is 0.344 e. The second-order valence-electron chi connectivity index (χ2n) is 7.87. The first-order valence-electron chi connectivity index (χ1n) is 9.79. The lowest BCUT2D eigenvalue weighted by molar-refractivity contribution is -0.145. The maximum atomic E-state index is 11.0. The molecule has 2 aromatic rings.